The van der Waals surface area contributed by atoms with Gasteiger partial charge in [-0.3, -0.25) is 4.79 Å². The number of phenolic OH excluding ortho intramolecular Hbond substituents is 1. The molecule has 4 rings (SSSR count). The van der Waals surface area contributed by atoms with Crippen molar-refractivity contribution in [1.82, 2.24) is 0 Å². The number of benzene rings is 2. The summed E-state index contributed by atoms with van der Waals surface area (Å²) in [6.07, 6.45) is -7.35. The lowest BCUT2D eigenvalue weighted by atomic mass is 9.99. The molecular formula is C21H20O9. The highest BCUT2D eigenvalue weighted by atomic mass is 16.7. The summed E-state index contributed by atoms with van der Waals surface area (Å²) in [5.41, 5.74) is 0.254. The minimum Gasteiger partial charge on any atom is -0.507 e. The molecule has 1 saturated heterocycles. The molecule has 9 nitrogen and oxygen atoms in total. The Morgan fingerprint density at radius 2 is 1.70 bits per heavy atom. The van der Waals surface area contributed by atoms with Crippen molar-refractivity contribution in [2.24, 2.45) is 0 Å². The molecule has 0 bridgehead atoms. The summed E-state index contributed by atoms with van der Waals surface area (Å²) in [6, 6.07) is 12.7. The van der Waals surface area contributed by atoms with Crippen LogP contribution in [0.2, 0.25) is 0 Å². The fourth-order valence-corrected chi connectivity index (χ4v) is 3.36. The average molecular weight is 416 g/mol. The highest BCUT2D eigenvalue weighted by Gasteiger charge is 2.44. The zero-order valence-corrected chi connectivity index (χ0v) is 15.6. The van der Waals surface area contributed by atoms with Crippen molar-refractivity contribution in [3.63, 3.8) is 0 Å². The number of phenols is 1. The van der Waals surface area contributed by atoms with Gasteiger partial charge in [-0.2, -0.15) is 0 Å². The third-order valence-corrected chi connectivity index (χ3v) is 4.94. The fraction of sp³-hybridized carbons (Fsp3) is 0.286. The summed E-state index contributed by atoms with van der Waals surface area (Å²) >= 11 is 0. The van der Waals surface area contributed by atoms with Gasteiger partial charge in [-0.25, -0.2) is 0 Å². The third-order valence-electron chi connectivity index (χ3n) is 4.94. The van der Waals surface area contributed by atoms with Crippen LogP contribution in [-0.4, -0.2) is 62.8 Å². The van der Waals surface area contributed by atoms with Gasteiger partial charge in [-0.15, -0.1) is 0 Å². The highest BCUT2D eigenvalue weighted by molar-refractivity contribution is 5.86. The van der Waals surface area contributed by atoms with Crippen LogP contribution in [0.4, 0.5) is 0 Å². The largest absolute Gasteiger partial charge is 0.507 e. The first-order chi connectivity index (χ1) is 14.4. The summed E-state index contributed by atoms with van der Waals surface area (Å²) < 4.78 is 16.6. The average Bonchev–Trinajstić information content (AvgIpc) is 2.74. The normalized spacial score (nSPS) is 26.6. The molecule has 0 spiro atoms. The van der Waals surface area contributed by atoms with E-state index in [1.807, 2.05) is 6.07 Å². The first-order valence-corrected chi connectivity index (χ1v) is 9.22. The number of aliphatic hydroxyl groups is 4. The maximum atomic E-state index is 12.5. The smallest absolute Gasteiger partial charge is 0.229 e. The molecule has 30 heavy (non-hydrogen) atoms. The van der Waals surface area contributed by atoms with E-state index in [9.17, 15) is 30.3 Å². The molecule has 1 fully saturated rings. The van der Waals surface area contributed by atoms with Gasteiger partial charge in [0.2, 0.25) is 6.29 Å². The fourth-order valence-electron chi connectivity index (χ4n) is 3.36. The molecule has 0 saturated carbocycles. The Morgan fingerprint density at radius 1 is 0.967 bits per heavy atom. The molecule has 0 aliphatic carbocycles. The summed E-state index contributed by atoms with van der Waals surface area (Å²) in [7, 11) is 0. The van der Waals surface area contributed by atoms with Gasteiger partial charge in [0.1, 0.15) is 52.6 Å². The molecule has 3 aromatic rings. The van der Waals surface area contributed by atoms with Crippen molar-refractivity contribution >= 4 is 11.0 Å². The first kappa shape index (κ1) is 20.3. The van der Waals surface area contributed by atoms with E-state index in [-0.39, 0.29) is 22.5 Å². The van der Waals surface area contributed by atoms with Gasteiger partial charge in [0.25, 0.3) is 0 Å². The zero-order chi connectivity index (χ0) is 21.4. The van der Waals surface area contributed by atoms with Gasteiger partial charge in [-0.1, -0.05) is 30.3 Å². The molecule has 2 unspecified atom stereocenters. The van der Waals surface area contributed by atoms with Crippen LogP contribution < -0.4 is 10.2 Å². The van der Waals surface area contributed by atoms with E-state index >= 15 is 0 Å². The molecule has 0 amide bonds. The van der Waals surface area contributed by atoms with Crippen LogP contribution in [0.15, 0.2) is 57.7 Å². The number of rotatable bonds is 4. The predicted octanol–water partition coefficient (Wildman–Crippen LogP) is 0.344. The topological polar surface area (TPSA) is 150 Å². The summed E-state index contributed by atoms with van der Waals surface area (Å²) in [4.78, 5) is 12.5. The number of hydrogen-bond donors (Lipinski definition) is 5. The molecule has 5 N–H and O–H groups in total. The monoisotopic (exact) mass is 416 g/mol. The van der Waals surface area contributed by atoms with Crippen molar-refractivity contribution in [1.29, 1.82) is 0 Å². The van der Waals surface area contributed by atoms with Crippen molar-refractivity contribution in [3.8, 4) is 22.8 Å². The zero-order valence-electron chi connectivity index (χ0n) is 15.6. The molecule has 1 aliphatic rings. The van der Waals surface area contributed by atoms with Crippen LogP contribution >= 0.6 is 0 Å². The van der Waals surface area contributed by atoms with Crippen molar-refractivity contribution in [3.05, 3.63) is 58.8 Å². The van der Waals surface area contributed by atoms with Crippen LogP contribution in [0.5, 0.6) is 11.5 Å². The van der Waals surface area contributed by atoms with Gasteiger partial charge in [0.05, 0.1) is 6.61 Å². The Bertz CT molecular complexity index is 1090. The minimum atomic E-state index is -1.62. The highest BCUT2D eigenvalue weighted by Crippen LogP contribution is 2.33. The number of ether oxygens (including phenoxy) is 2. The molecule has 1 aliphatic heterocycles. The second-order valence-electron chi connectivity index (χ2n) is 6.97. The van der Waals surface area contributed by atoms with E-state index in [1.54, 1.807) is 24.3 Å². The van der Waals surface area contributed by atoms with E-state index < -0.39 is 48.5 Å². The van der Waals surface area contributed by atoms with E-state index in [1.165, 1.54) is 12.1 Å². The van der Waals surface area contributed by atoms with Gasteiger partial charge in [0, 0.05) is 23.8 Å². The summed E-state index contributed by atoms with van der Waals surface area (Å²) in [5.74, 6) is -0.129. The van der Waals surface area contributed by atoms with Crippen LogP contribution in [-0.2, 0) is 4.74 Å². The second-order valence-corrected chi connectivity index (χ2v) is 6.97. The molecule has 1 aromatic heterocycles. The van der Waals surface area contributed by atoms with Crippen LogP contribution in [0.1, 0.15) is 0 Å². The molecule has 158 valence electrons. The Balaban J connectivity index is 1.71. The van der Waals surface area contributed by atoms with Crippen molar-refractivity contribution in [2.45, 2.75) is 30.7 Å². The Kier molecular flexibility index (Phi) is 5.46. The maximum absolute atomic E-state index is 12.5. The molecule has 0 radical (unpaired) electrons. The van der Waals surface area contributed by atoms with Crippen molar-refractivity contribution < 1.29 is 39.4 Å². The van der Waals surface area contributed by atoms with Crippen LogP contribution in [0.3, 0.4) is 0 Å². The molecule has 2 aromatic carbocycles. The molecule has 9 heteroatoms. The van der Waals surface area contributed by atoms with Crippen LogP contribution in [0, 0.1) is 0 Å². The Morgan fingerprint density at radius 3 is 2.40 bits per heavy atom. The van der Waals surface area contributed by atoms with E-state index in [2.05, 4.69) is 0 Å². The van der Waals surface area contributed by atoms with E-state index in [0.717, 1.165) is 6.07 Å². The van der Waals surface area contributed by atoms with Gasteiger partial charge >= 0.3 is 0 Å². The lowest BCUT2D eigenvalue weighted by Gasteiger charge is -2.39. The van der Waals surface area contributed by atoms with E-state index in [0.29, 0.717) is 5.56 Å². The number of aromatic hydroxyl groups is 1. The predicted molar refractivity (Wildman–Crippen MR) is 104 cm³/mol. The van der Waals surface area contributed by atoms with Gasteiger partial charge in [-0.05, 0) is 0 Å². The van der Waals surface area contributed by atoms with Gasteiger partial charge < -0.3 is 39.4 Å². The maximum Gasteiger partial charge on any atom is 0.229 e. The second kappa shape index (κ2) is 8.05. The molecule has 5 atom stereocenters. The molecule has 2 heterocycles. The SMILES string of the molecule is O=c1cc(-c2ccccc2)oc2cc(O[C@@H]3OC(CO)[C@H](O)[C@H](O)C3O)cc(O)c12. The van der Waals surface area contributed by atoms with Crippen molar-refractivity contribution in [2.75, 3.05) is 6.61 Å². The minimum absolute atomic E-state index is 0.0160. The van der Waals surface area contributed by atoms with E-state index in [4.69, 9.17) is 13.9 Å². The quantitative estimate of drug-likeness (QED) is 0.406. The van der Waals surface area contributed by atoms with Crippen LogP contribution in [0.25, 0.3) is 22.3 Å². The summed E-state index contributed by atoms with van der Waals surface area (Å²) in [6.45, 7) is -0.608. The summed E-state index contributed by atoms with van der Waals surface area (Å²) in [5, 5.41) is 49.4. The number of fused-ring (bicyclic) bond motifs is 1. The lowest BCUT2D eigenvalue weighted by Crippen LogP contribution is -2.60. The third kappa shape index (κ3) is 3.64. The Labute approximate surface area is 170 Å². The number of aliphatic hydroxyl groups excluding tert-OH is 4. The first-order valence-electron chi connectivity index (χ1n) is 9.22. The lowest BCUT2D eigenvalue weighted by molar-refractivity contribution is -0.277. The number of hydrogen-bond acceptors (Lipinski definition) is 9. The molecular weight excluding hydrogens is 396 g/mol. The standard InChI is InChI=1S/C21H20O9/c22-9-16-18(25)19(26)20(27)21(30-16)28-11-6-12(23)17-13(24)8-14(29-15(17)7-11)10-4-2-1-3-5-10/h1-8,16,18-23,25-27H,9H2/t16?,18-,19-,20?,21+/m0/s1. The Hall–Kier alpha value is -2.95. The van der Waals surface area contributed by atoms with Gasteiger partial charge in [0.15, 0.2) is 5.43 Å².